The number of carbonyl (C=O) groups is 1. The monoisotopic (exact) mass is 290 g/mol. The van der Waals surface area contributed by atoms with Gasteiger partial charge >= 0.3 is 5.97 Å². The van der Waals surface area contributed by atoms with Crippen LogP contribution in [-0.4, -0.2) is 21.0 Å². The van der Waals surface area contributed by atoms with E-state index in [1.54, 1.807) is 6.20 Å². The predicted octanol–water partition coefficient (Wildman–Crippen LogP) is 3.81. The maximum Gasteiger partial charge on any atom is 0.336 e. The van der Waals surface area contributed by atoms with Gasteiger partial charge in [-0.3, -0.25) is 9.97 Å². The molecule has 0 bridgehead atoms. The topological polar surface area (TPSA) is 63.1 Å². The van der Waals surface area contributed by atoms with Crippen LogP contribution in [-0.2, 0) is 0 Å². The zero-order valence-corrected chi connectivity index (χ0v) is 12.0. The van der Waals surface area contributed by atoms with Gasteiger partial charge in [-0.1, -0.05) is 18.2 Å². The molecular formula is C18H14N2O2. The van der Waals surface area contributed by atoms with Crippen LogP contribution in [0.5, 0.6) is 0 Å². The highest BCUT2D eigenvalue weighted by Gasteiger charge is 2.08. The quantitative estimate of drug-likeness (QED) is 0.796. The zero-order chi connectivity index (χ0) is 15.5. The fourth-order valence-electron chi connectivity index (χ4n) is 2.32. The zero-order valence-electron chi connectivity index (χ0n) is 12.0. The minimum atomic E-state index is -0.946. The summed E-state index contributed by atoms with van der Waals surface area (Å²) in [5, 5.41) is 9.90. The first kappa shape index (κ1) is 13.9. The maximum absolute atomic E-state index is 11.3. The summed E-state index contributed by atoms with van der Waals surface area (Å²) in [6.45, 7) is 1.94. The molecule has 1 N–H and O–H groups in total. The third kappa shape index (κ3) is 2.86. The summed E-state index contributed by atoms with van der Waals surface area (Å²) in [5.74, 6) is -0.946. The number of aromatic nitrogens is 2. The molecule has 0 aliphatic rings. The highest BCUT2D eigenvalue weighted by atomic mass is 16.4. The van der Waals surface area contributed by atoms with Crippen molar-refractivity contribution in [2.75, 3.05) is 0 Å². The first-order valence-corrected chi connectivity index (χ1v) is 6.86. The average Bonchev–Trinajstić information content (AvgIpc) is 2.52. The van der Waals surface area contributed by atoms with E-state index in [1.807, 2.05) is 49.4 Å². The molecule has 0 amide bonds. The second-order valence-corrected chi connectivity index (χ2v) is 5.00. The Morgan fingerprint density at radius 2 is 1.73 bits per heavy atom. The van der Waals surface area contributed by atoms with Crippen LogP contribution in [0.15, 0.2) is 48.8 Å². The molecule has 3 rings (SSSR count). The van der Waals surface area contributed by atoms with E-state index in [1.165, 1.54) is 12.3 Å². The van der Waals surface area contributed by atoms with Crippen LogP contribution >= 0.6 is 0 Å². The number of aryl methyl sites for hydroxylation is 1. The van der Waals surface area contributed by atoms with Gasteiger partial charge in [0.1, 0.15) is 0 Å². The molecule has 1 aromatic carbocycles. The summed E-state index contributed by atoms with van der Waals surface area (Å²) in [4.78, 5) is 19.6. The number of carboxylic acids is 1. The van der Waals surface area contributed by atoms with Gasteiger partial charge < -0.3 is 5.11 Å². The maximum atomic E-state index is 11.3. The summed E-state index contributed by atoms with van der Waals surface area (Å²) >= 11 is 0. The molecule has 0 aliphatic heterocycles. The molecule has 0 unspecified atom stereocenters. The Hall–Kier alpha value is -3.01. The van der Waals surface area contributed by atoms with Crippen molar-refractivity contribution < 1.29 is 9.90 Å². The number of nitrogens with zero attached hydrogens (tertiary/aromatic N) is 2. The largest absolute Gasteiger partial charge is 0.478 e. The third-order valence-electron chi connectivity index (χ3n) is 3.38. The number of aromatic carboxylic acids is 1. The van der Waals surface area contributed by atoms with E-state index in [0.29, 0.717) is 10.9 Å². The lowest BCUT2D eigenvalue weighted by atomic mass is 10.1. The highest BCUT2D eigenvalue weighted by molar-refractivity contribution is 6.03. The van der Waals surface area contributed by atoms with E-state index in [2.05, 4.69) is 9.97 Å². The van der Waals surface area contributed by atoms with Crippen LogP contribution < -0.4 is 0 Å². The van der Waals surface area contributed by atoms with Gasteiger partial charge in [-0.05, 0) is 48.4 Å². The molecule has 0 spiro atoms. The number of hydrogen-bond donors (Lipinski definition) is 1. The van der Waals surface area contributed by atoms with Crippen molar-refractivity contribution in [2.24, 2.45) is 0 Å². The van der Waals surface area contributed by atoms with Gasteiger partial charge in [0.25, 0.3) is 0 Å². The normalized spacial score (nSPS) is 11.1. The first-order valence-electron chi connectivity index (χ1n) is 6.86. The molecule has 3 aromatic rings. The van der Waals surface area contributed by atoms with Gasteiger partial charge in [0, 0.05) is 23.5 Å². The Labute approximate surface area is 127 Å². The molecule has 0 saturated carbocycles. The fraction of sp³-hybridized carbons (Fsp3) is 0.0556. The van der Waals surface area contributed by atoms with E-state index in [-0.39, 0.29) is 5.56 Å². The number of hydrogen-bond acceptors (Lipinski definition) is 3. The lowest BCUT2D eigenvalue weighted by Crippen LogP contribution is -1.98. The van der Waals surface area contributed by atoms with Crippen LogP contribution in [0.25, 0.3) is 23.1 Å². The van der Waals surface area contributed by atoms with Crippen LogP contribution in [0.4, 0.5) is 0 Å². The third-order valence-corrected chi connectivity index (χ3v) is 3.38. The lowest BCUT2D eigenvalue weighted by molar-refractivity contribution is 0.0699. The van der Waals surface area contributed by atoms with Gasteiger partial charge in [-0.25, -0.2) is 4.79 Å². The van der Waals surface area contributed by atoms with Crippen molar-refractivity contribution in [2.45, 2.75) is 6.92 Å². The fourth-order valence-corrected chi connectivity index (χ4v) is 2.32. The second kappa shape index (κ2) is 5.77. The van der Waals surface area contributed by atoms with Crippen molar-refractivity contribution >= 4 is 29.0 Å². The van der Waals surface area contributed by atoms with E-state index < -0.39 is 5.97 Å². The molecule has 4 heteroatoms. The van der Waals surface area contributed by atoms with Gasteiger partial charge in [0.05, 0.1) is 11.1 Å². The Kier molecular flexibility index (Phi) is 3.66. The molecule has 108 valence electrons. The Morgan fingerprint density at radius 3 is 2.45 bits per heavy atom. The minimum Gasteiger partial charge on any atom is -0.478 e. The smallest absolute Gasteiger partial charge is 0.336 e. The summed E-state index contributed by atoms with van der Waals surface area (Å²) in [5.41, 5.74) is 3.88. The second-order valence-electron chi connectivity index (χ2n) is 5.00. The lowest BCUT2D eigenvalue weighted by Gasteiger charge is -2.03. The SMILES string of the molecule is Cc1cc(/C=C/c2ccc3nccc(C(=O)O)c3c2)ccn1. The van der Waals surface area contributed by atoms with Crippen molar-refractivity contribution in [1.82, 2.24) is 9.97 Å². The summed E-state index contributed by atoms with van der Waals surface area (Å²) in [6.07, 6.45) is 7.21. The summed E-state index contributed by atoms with van der Waals surface area (Å²) in [7, 11) is 0. The predicted molar refractivity (Wildman–Crippen MR) is 86.6 cm³/mol. The van der Waals surface area contributed by atoms with Gasteiger partial charge in [0.2, 0.25) is 0 Å². The van der Waals surface area contributed by atoms with E-state index in [0.717, 1.165) is 16.8 Å². The number of carboxylic acid groups (broad SMARTS) is 1. The molecule has 0 aliphatic carbocycles. The molecule has 4 nitrogen and oxygen atoms in total. The van der Waals surface area contributed by atoms with Crippen LogP contribution in [0, 0.1) is 6.92 Å². The van der Waals surface area contributed by atoms with E-state index >= 15 is 0 Å². The van der Waals surface area contributed by atoms with Crippen LogP contribution in [0.3, 0.4) is 0 Å². The summed E-state index contributed by atoms with van der Waals surface area (Å²) < 4.78 is 0. The highest BCUT2D eigenvalue weighted by Crippen LogP contribution is 2.20. The van der Waals surface area contributed by atoms with Crippen molar-refractivity contribution in [3.8, 4) is 0 Å². The average molecular weight is 290 g/mol. The molecule has 2 heterocycles. The Balaban J connectivity index is 2.01. The van der Waals surface area contributed by atoms with Crippen molar-refractivity contribution in [1.29, 1.82) is 0 Å². The Bertz CT molecular complexity index is 885. The standard InChI is InChI=1S/C18H14N2O2/c1-12-10-14(6-8-19-12)3-2-13-4-5-17-16(11-13)15(18(21)22)7-9-20-17/h2-11H,1H3,(H,21,22)/b3-2+. The number of benzene rings is 1. The van der Waals surface area contributed by atoms with Gasteiger partial charge in [-0.15, -0.1) is 0 Å². The molecule has 2 aromatic heterocycles. The first-order chi connectivity index (χ1) is 10.6. The number of rotatable bonds is 3. The van der Waals surface area contributed by atoms with E-state index in [4.69, 9.17) is 0 Å². The van der Waals surface area contributed by atoms with E-state index in [9.17, 15) is 9.90 Å². The minimum absolute atomic E-state index is 0.264. The molecule has 22 heavy (non-hydrogen) atoms. The van der Waals surface area contributed by atoms with Crippen molar-refractivity contribution in [3.63, 3.8) is 0 Å². The molecule has 0 fully saturated rings. The Morgan fingerprint density at radius 1 is 1.00 bits per heavy atom. The molecule has 0 radical (unpaired) electrons. The van der Waals surface area contributed by atoms with Gasteiger partial charge in [-0.2, -0.15) is 0 Å². The number of pyridine rings is 2. The van der Waals surface area contributed by atoms with Crippen molar-refractivity contribution in [3.05, 3.63) is 71.2 Å². The van der Waals surface area contributed by atoms with Crippen LogP contribution in [0.1, 0.15) is 27.2 Å². The summed E-state index contributed by atoms with van der Waals surface area (Å²) in [6, 6.07) is 11.0. The molecule has 0 saturated heterocycles. The molecular weight excluding hydrogens is 276 g/mol. The van der Waals surface area contributed by atoms with Crippen LogP contribution in [0.2, 0.25) is 0 Å². The number of fused-ring (bicyclic) bond motifs is 1. The molecule has 0 atom stereocenters. The van der Waals surface area contributed by atoms with Gasteiger partial charge in [0.15, 0.2) is 0 Å².